The van der Waals surface area contributed by atoms with Gasteiger partial charge in [-0.3, -0.25) is 9.36 Å². The standard InChI is InChI=1S/C25H22Br2N2O5S/c1-5-34-24(31)21-13(2)28-25-29(22(21)16-11-18(32-3)19(33-4)12-17(16)27)23(30)20(35-25)10-14-6-8-15(26)9-7-14/h6-12,22H,5H2,1-4H3/b20-10-. The fourth-order valence-corrected chi connectivity index (χ4v) is 5.73. The Hall–Kier alpha value is -2.69. The van der Waals surface area contributed by atoms with Gasteiger partial charge in [0.2, 0.25) is 0 Å². The molecule has 0 radical (unpaired) electrons. The molecule has 182 valence electrons. The van der Waals surface area contributed by atoms with Crippen LogP contribution < -0.4 is 24.4 Å². The number of carbonyl (C=O) groups excluding carboxylic acids is 1. The summed E-state index contributed by atoms with van der Waals surface area (Å²) in [7, 11) is 3.08. The van der Waals surface area contributed by atoms with Gasteiger partial charge in [0, 0.05) is 8.95 Å². The molecule has 2 aromatic carbocycles. The quantitative estimate of drug-likeness (QED) is 0.383. The number of thiazole rings is 1. The summed E-state index contributed by atoms with van der Waals surface area (Å²) >= 11 is 8.30. The summed E-state index contributed by atoms with van der Waals surface area (Å²) in [4.78, 5) is 31.9. The molecule has 0 amide bonds. The lowest BCUT2D eigenvalue weighted by atomic mass is 9.95. The van der Waals surface area contributed by atoms with Crippen LogP contribution in [0.5, 0.6) is 11.5 Å². The number of rotatable bonds is 6. The first kappa shape index (κ1) is 25.4. The van der Waals surface area contributed by atoms with Crippen LogP contribution in [0.4, 0.5) is 0 Å². The maximum Gasteiger partial charge on any atom is 0.338 e. The number of allylic oxidation sites excluding steroid dienone is 1. The lowest BCUT2D eigenvalue weighted by Gasteiger charge is -2.26. The van der Waals surface area contributed by atoms with Crippen LogP contribution in [0.2, 0.25) is 0 Å². The molecule has 0 saturated carbocycles. The van der Waals surface area contributed by atoms with Crippen molar-refractivity contribution in [2.24, 2.45) is 4.99 Å². The largest absolute Gasteiger partial charge is 0.493 e. The fourth-order valence-electron chi connectivity index (χ4n) is 3.88. The van der Waals surface area contributed by atoms with Crippen molar-refractivity contribution < 1.29 is 19.0 Å². The molecule has 2 heterocycles. The third-order valence-electron chi connectivity index (χ3n) is 5.48. The molecular formula is C25H22Br2N2O5S. The first-order chi connectivity index (χ1) is 16.8. The van der Waals surface area contributed by atoms with Gasteiger partial charge in [-0.1, -0.05) is 55.3 Å². The summed E-state index contributed by atoms with van der Waals surface area (Å²) < 4.78 is 19.9. The molecule has 1 aromatic heterocycles. The number of halogens is 2. The van der Waals surface area contributed by atoms with E-state index in [1.54, 1.807) is 37.7 Å². The van der Waals surface area contributed by atoms with Gasteiger partial charge in [0.05, 0.1) is 42.7 Å². The average molecular weight is 622 g/mol. The zero-order chi connectivity index (χ0) is 25.3. The van der Waals surface area contributed by atoms with Crippen LogP contribution in [0.3, 0.4) is 0 Å². The number of carbonyl (C=O) groups is 1. The Balaban J connectivity index is 2.01. The van der Waals surface area contributed by atoms with Crippen molar-refractivity contribution in [3.8, 4) is 11.5 Å². The van der Waals surface area contributed by atoms with Crippen LogP contribution in [0.1, 0.15) is 31.0 Å². The van der Waals surface area contributed by atoms with E-state index < -0.39 is 12.0 Å². The lowest BCUT2D eigenvalue weighted by Crippen LogP contribution is -2.40. The highest BCUT2D eigenvalue weighted by atomic mass is 79.9. The number of fused-ring (bicyclic) bond motifs is 1. The van der Waals surface area contributed by atoms with Crippen molar-refractivity contribution in [2.75, 3.05) is 20.8 Å². The van der Waals surface area contributed by atoms with Gasteiger partial charge in [-0.2, -0.15) is 0 Å². The molecular weight excluding hydrogens is 600 g/mol. The van der Waals surface area contributed by atoms with Gasteiger partial charge < -0.3 is 14.2 Å². The topological polar surface area (TPSA) is 79.1 Å². The number of ether oxygens (including phenoxy) is 3. The number of nitrogens with zero attached hydrogens (tertiary/aromatic N) is 2. The number of hydrogen-bond donors (Lipinski definition) is 0. The van der Waals surface area contributed by atoms with E-state index in [1.807, 2.05) is 30.3 Å². The molecule has 0 fully saturated rings. The monoisotopic (exact) mass is 620 g/mol. The molecule has 0 spiro atoms. The predicted molar refractivity (Wildman–Crippen MR) is 142 cm³/mol. The Morgan fingerprint density at radius 1 is 1.14 bits per heavy atom. The summed E-state index contributed by atoms with van der Waals surface area (Å²) in [6.45, 7) is 3.69. The number of methoxy groups -OCH3 is 2. The lowest BCUT2D eigenvalue weighted by molar-refractivity contribution is -0.139. The summed E-state index contributed by atoms with van der Waals surface area (Å²) in [6, 6.07) is 10.4. The van der Waals surface area contributed by atoms with Crippen LogP contribution in [0, 0.1) is 0 Å². The van der Waals surface area contributed by atoms with Crippen LogP contribution in [0.15, 0.2) is 66.4 Å². The van der Waals surface area contributed by atoms with Crippen molar-refractivity contribution in [1.82, 2.24) is 4.57 Å². The number of hydrogen-bond acceptors (Lipinski definition) is 7. The van der Waals surface area contributed by atoms with Crippen LogP contribution in [0.25, 0.3) is 6.08 Å². The zero-order valence-electron chi connectivity index (χ0n) is 19.4. The Kier molecular flexibility index (Phi) is 7.63. The molecule has 35 heavy (non-hydrogen) atoms. The Morgan fingerprint density at radius 3 is 2.43 bits per heavy atom. The van der Waals surface area contributed by atoms with Crippen molar-refractivity contribution in [1.29, 1.82) is 0 Å². The van der Waals surface area contributed by atoms with E-state index in [0.717, 1.165) is 10.0 Å². The minimum absolute atomic E-state index is 0.198. The smallest absolute Gasteiger partial charge is 0.338 e. The maximum atomic E-state index is 13.7. The molecule has 0 aliphatic carbocycles. The van der Waals surface area contributed by atoms with Gasteiger partial charge in [0.1, 0.15) is 0 Å². The van der Waals surface area contributed by atoms with Crippen LogP contribution >= 0.6 is 43.2 Å². The summed E-state index contributed by atoms with van der Waals surface area (Å²) in [5.41, 5.74) is 2.06. The minimum atomic E-state index is -0.772. The molecule has 0 N–H and O–H groups in total. The van der Waals surface area contributed by atoms with E-state index in [1.165, 1.54) is 18.4 Å². The molecule has 3 aromatic rings. The zero-order valence-corrected chi connectivity index (χ0v) is 23.4. The SMILES string of the molecule is CCOC(=O)C1=C(C)N=c2s/c(=C\c3ccc(Br)cc3)c(=O)n2C1c1cc(OC)c(OC)cc1Br. The van der Waals surface area contributed by atoms with Gasteiger partial charge in [-0.15, -0.1) is 0 Å². The van der Waals surface area contributed by atoms with Gasteiger partial charge >= 0.3 is 5.97 Å². The molecule has 0 bridgehead atoms. The van der Waals surface area contributed by atoms with E-state index in [-0.39, 0.29) is 12.2 Å². The minimum Gasteiger partial charge on any atom is -0.493 e. The first-order valence-corrected chi connectivity index (χ1v) is 13.1. The Labute approximate surface area is 222 Å². The summed E-state index contributed by atoms with van der Waals surface area (Å²) in [5, 5.41) is 0. The summed E-state index contributed by atoms with van der Waals surface area (Å²) in [6.07, 6.45) is 1.82. The normalized spacial score (nSPS) is 15.5. The Morgan fingerprint density at radius 2 is 1.80 bits per heavy atom. The first-order valence-electron chi connectivity index (χ1n) is 10.7. The maximum absolute atomic E-state index is 13.7. The second kappa shape index (κ2) is 10.5. The van der Waals surface area contributed by atoms with Crippen molar-refractivity contribution in [3.63, 3.8) is 0 Å². The van der Waals surface area contributed by atoms with Crippen molar-refractivity contribution in [2.45, 2.75) is 19.9 Å². The van der Waals surface area contributed by atoms with E-state index >= 15 is 0 Å². The Bertz CT molecular complexity index is 1510. The number of esters is 1. The van der Waals surface area contributed by atoms with Gasteiger partial charge in [0.15, 0.2) is 16.3 Å². The highest BCUT2D eigenvalue weighted by Crippen LogP contribution is 2.40. The predicted octanol–water partition coefficient (Wildman–Crippen LogP) is 4.34. The highest BCUT2D eigenvalue weighted by molar-refractivity contribution is 9.10. The molecule has 1 unspecified atom stereocenters. The van der Waals surface area contributed by atoms with Crippen molar-refractivity contribution in [3.05, 3.63) is 87.4 Å². The molecule has 0 saturated heterocycles. The fraction of sp³-hybridized carbons (Fsp3) is 0.240. The van der Waals surface area contributed by atoms with E-state index in [0.29, 0.717) is 42.1 Å². The molecule has 1 aliphatic heterocycles. The third kappa shape index (κ3) is 4.87. The van der Waals surface area contributed by atoms with Crippen LogP contribution in [-0.4, -0.2) is 31.4 Å². The molecule has 1 atom stereocenters. The molecule has 7 nitrogen and oxygen atoms in total. The second-order valence-electron chi connectivity index (χ2n) is 7.58. The molecule has 1 aliphatic rings. The van der Waals surface area contributed by atoms with E-state index in [4.69, 9.17) is 14.2 Å². The van der Waals surface area contributed by atoms with Crippen molar-refractivity contribution >= 4 is 55.2 Å². The summed E-state index contributed by atoms with van der Waals surface area (Å²) in [5.74, 6) is 0.465. The van der Waals surface area contributed by atoms with E-state index in [9.17, 15) is 9.59 Å². The number of benzene rings is 2. The van der Waals surface area contributed by atoms with E-state index in [2.05, 4.69) is 36.9 Å². The number of aromatic nitrogens is 1. The van der Waals surface area contributed by atoms with Gasteiger partial charge in [-0.05, 0) is 55.3 Å². The third-order valence-corrected chi connectivity index (χ3v) is 7.68. The van der Waals surface area contributed by atoms with Crippen LogP contribution in [-0.2, 0) is 9.53 Å². The average Bonchev–Trinajstić information content (AvgIpc) is 3.14. The molecule has 4 rings (SSSR count). The van der Waals surface area contributed by atoms with Gasteiger partial charge in [0.25, 0.3) is 5.56 Å². The highest BCUT2D eigenvalue weighted by Gasteiger charge is 2.35. The molecule has 10 heteroatoms. The van der Waals surface area contributed by atoms with Gasteiger partial charge in [-0.25, -0.2) is 9.79 Å². The second-order valence-corrected chi connectivity index (χ2v) is 10.4.